The highest BCUT2D eigenvalue weighted by Gasteiger charge is 2.20. The maximum atomic E-state index is 13.4. The normalized spacial score (nSPS) is 16.4. The van der Waals surface area contributed by atoms with Crippen LogP contribution in [0.1, 0.15) is 30.9 Å². The zero-order valence-electron chi connectivity index (χ0n) is 11.4. The molecule has 1 saturated heterocycles. The topological polar surface area (TPSA) is 20.3 Å². The van der Waals surface area contributed by atoms with Crippen LogP contribution in [0.2, 0.25) is 0 Å². The summed E-state index contributed by atoms with van der Waals surface area (Å²) >= 11 is 0. The van der Waals surface area contributed by atoms with Crippen LogP contribution in [0, 0.1) is 11.7 Å². The van der Waals surface area contributed by atoms with E-state index in [1.54, 1.807) is 6.08 Å². The molecule has 2 nitrogen and oxygen atoms in total. The van der Waals surface area contributed by atoms with Crippen LogP contribution in [0.3, 0.4) is 0 Å². The van der Waals surface area contributed by atoms with E-state index in [2.05, 4.69) is 13.5 Å². The van der Waals surface area contributed by atoms with Crippen molar-refractivity contribution in [2.45, 2.75) is 26.2 Å². The molecule has 0 saturated carbocycles. The minimum absolute atomic E-state index is 0.0903. The van der Waals surface area contributed by atoms with Crippen molar-refractivity contribution in [2.24, 2.45) is 5.92 Å². The number of hydrogen-bond acceptors (Lipinski definition) is 1. The van der Waals surface area contributed by atoms with Gasteiger partial charge >= 0.3 is 0 Å². The van der Waals surface area contributed by atoms with Crippen molar-refractivity contribution in [3.63, 3.8) is 0 Å². The Morgan fingerprint density at radius 1 is 1.42 bits per heavy atom. The fourth-order valence-electron chi connectivity index (χ4n) is 2.44. The van der Waals surface area contributed by atoms with Crippen LogP contribution >= 0.6 is 0 Å². The van der Waals surface area contributed by atoms with Crippen LogP contribution in [0.4, 0.5) is 4.39 Å². The van der Waals surface area contributed by atoms with Gasteiger partial charge in [-0.15, -0.1) is 0 Å². The van der Waals surface area contributed by atoms with Gasteiger partial charge in [-0.3, -0.25) is 4.79 Å². The Bertz CT molecular complexity index is 476. The largest absolute Gasteiger partial charge is 0.342 e. The van der Waals surface area contributed by atoms with Crippen molar-refractivity contribution in [3.05, 3.63) is 41.7 Å². The lowest BCUT2D eigenvalue weighted by Gasteiger charge is -2.30. The maximum absolute atomic E-state index is 13.4. The van der Waals surface area contributed by atoms with Gasteiger partial charge in [0.2, 0.25) is 5.91 Å². The van der Waals surface area contributed by atoms with Crippen LogP contribution in [0.15, 0.2) is 24.8 Å². The van der Waals surface area contributed by atoms with Crippen molar-refractivity contribution >= 4 is 12.0 Å². The third-order valence-electron chi connectivity index (χ3n) is 3.71. The lowest BCUT2D eigenvalue weighted by Crippen LogP contribution is -2.38. The molecular weight excluding hydrogens is 241 g/mol. The summed E-state index contributed by atoms with van der Waals surface area (Å²) in [7, 11) is 0. The Hall–Kier alpha value is -1.64. The van der Waals surface area contributed by atoms with E-state index in [1.165, 1.54) is 12.1 Å². The molecule has 3 heteroatoms. The summed E-state index contributed by atoms with van der Waals surface area (Å²) in [5.74, 6) is 0.477. The van der Waals surface area contributed by atoms with Crippen LogP contribution in [0.5, 0.6) is 0 Å². The van der Waals surface area contributed by atoms with E-state index in [0.29, 0.717) is 5.92 Å². The standard InChI is InChI=1S/C16H20FNO/c1-3-13-8-14(10-15(17)9-13)11-16(19)18-6-4-12(2)5-7-18/h3,8-10,12H,1,4-7,11H2,2H3. The van der Waals surface area contributed by atoms with Gasteiger partial charge in [0.05, 0.1) is 6.42 Å². The molecule has 19 heavy (non-hydrogen) atoms. The van der Waals surface area contributed by atoms with Gasteiger partial charge in [0, 0.05) is 13.1 Å². The highest BCUT2D eigenvalue weighted by Crippen LogP contribution is 2.18. The molecule has 1 aromatic rings. The molecule has 0 atom stereocenters. The highest BCUT2D eigenvalue weighted by atomic mass is 19.1. The second-order valence-corrected chi connectivity index (χ2v) is 5.34. The maximum Gasteiger partial charge on any atom is 0.226 e. The number of halogens is 1. The summed E-state index contributed by atoms with van der Waals surface area (Å²) in [6.45, 7) is 7.49. The van der Waals surface area contributed by atoms with Gasteiger partial charge in [-0.1, -0.05) is 25.6 Å². The molecule has 2 rings (SSSR count). The van der Waals surface area contributed by atoms with E-state index < -0.39 is 0 Å². The van der Waals surface area contributed by atoms with Crippen LogP contribution in [-0.4, -0.2) is 23.9 Å². The summed E-state index contributed by atoms with van der Waals surface area (Å²) in [4.78, 5) is 14.1. The second-order valence-electron chi connectivity index (χ2n) is 5.34. The van der Waals surface area contributed by atoms with E-state index in [9.17, 15) is 9.18 Å². The second kappa shape index (κ2) is 6.00. The SMILES string of the molecule is C=Cc1cc(F)cc(CC(=O)N2CCC(C)CC2)c1. The predicted octanol–water partition coefficient (Wildman–Crippen LogP) is 3.27. The third kappa shape index (κ3) is 3.66. The van der Waals surface area contributed by atoms with E-state index in [0.717, 1.165) is 37.1 Å². The van der Waals surface area contributed by atoms with E-state index >= 15 is 0 Å². The fourth-order valence-corrected chi connectivity index (χ4v) is 2.44. The number of benzene rings is 1. The molecule has 1 amide bonds. The fraction of sp³-hybridized carbons (Fsp3) is 0.438. The zero-order valence-corrected chi connectivity index (χ0v) is 11.4. The van der Waals surface area contributed by atoms with Gasteiger partial charge in [0.1, 0.15) is 5.82 Å². The van der Waals surface area contributed by atoms with Gasteiger partial charge in [0.15, 0.2) is 0 Å². The summed E-state index contributed by atoms with van der Waals surface area (Å²) < 4.78 is 13.4. The van der Waals surface area contributed by atoms with Crippen LogP contribution in [-0.2, 0) is 11.2 Å². The van der Waals surface area contributed by atoms with Crippen molar-refractivity contribution in [2.75, 3.05) is 13.1 Å². The summed E-state index contributed by atoms with van der Waals surface area (Å²) in [6.07, 6.45) is 3.99. The first-order valence-corrected chi connectivity index (χ1v) is 6.78. The Morgan fingerprint density at radius 2 is 2.11 bits per heavy atom. The molecule has 1 fully saturated rings. The highest BCUT2D eigenvalue weighted by molar-refractivity contribution is 5.79. The monoisotopic (exact) mass is 261 g/mol. The summed E-state index contributed by atoms with van der Waals surface area (Å²) in [6, 6.07) is 4.67. The summed E-state index contributed by atoms with van der Waals surface area (Å²) in [5, 5.41) is 0. The molecule has 0 radical (unpaired) electrons. The quantitative estimate of drug-likeness (QED) is 0.817. The Morgan fingerprint density at radius 3 is 2.74 bits per heavy atom. The van der Waals surface area contributed by atoms with Crippen LogP contribution in [0.25, 0.3) is 6.08 Å². The zero-order chi connectivity index (χ0) is 13.8. The number of amides is 1. The van der Waals surface area contributed by atoms with E-state index in [1.807, 2.05) is 11.0 Å². The molecule has 1 heterocycles. The Labute approximate surface area is 113 Å². The number of carbonyl (C=O) groups is 1. The molecule has 0 unspecified atom stereocenters. The van der Waals surface area contributed by atoms with Crippen molar-refractivity contribution < 1.29 is 9.18 Å². The van der Waals surface area contributed by atoms with Crippen molar-refractivity contribution in [3.8, 4) is 0 Å². The molecule has 1 aromatic carbocycles. The number of carbonyl (C=O) groups excluding carboxylic acids is 1. The number of nitrogens with zero attached hydrogens (tertiary/aromatic N) is 1. The number of piperidine rings is 1. The van der Waals surface area contributed by atoms with Gasteiger partial charge in [-0.25, -0.2) is 4.39 Å². The van der Waals surface area contributed by atoms with Gasteiger partial charge in [-0.2, -0.15) is 0 Å². The smallest absolute Gasteiger partial charge is 0.226 e. The number of likely N-dealkylation sites (tertiary alicyclic amines) is 1. The Kier molecular flexibility index (Phi) is 4.35. The molecule has 102 valence electrons. The van der Waals surface area contributed by atoms with Crippen molar-refractivity contribution in [1.82, 2.24) is 4.90 Å². The molecule has 0 bridgehead atoms. The average Bonchev–Trinajstić information content (AvgIpc) is 2.38. The van der Waals surface area contributed by atoms with E-state index in [-0.39, 0.29) is 18.1 Å². The first-order chi connectivity index (χ1) is 9.08. The molecule has 0 aliphatic carbocycles. The molecule has 0 spiro atoms. The molecule has 0 N–H and O–H groups in total. The lowest BCUT2D eigenvalue weighted by molar-refractivity contribution is -0.131. The number of rotatable bonds is 3. The minimum atomic E-state index is -0.313. The average molecular weight is 261 g/mol. The molecule has 1 aliphatic rings. The van der Waals surface area contributed by atoms with Gasteiger partial charge in [0.25, 0.3) is 0 Å². The van der Waals surface area contributed by atoms with Crippen molar-refractivity contribution in [1.29, 1.82) is 0 Å². The first-order valence-electron chi connectivity index (χ1n) is 6.78. The first kappa shape index (κ1) is 13.8. The van der Waals surface area contributed by atoms with E-state index in [4.69, 9.17) is 0 Å². The summed E-state index contributed by atoms with van der Waals surface area (Å²) in [5.41, 5.74) is 1.44. The van der Waals surface area contributed by atoms with Gasteiger partial charge < -0.3 is 4.90 Å². The third-order valence-corrected chi connectivity index (χ3v) is 3.71. The lowest BCUT2D eigenvalue weighted by atomic mass is 9.98. The number of hydrogen-bond donors (Lipinski definition) is 0. The Balaban J connectivity index is 2.02. The predicted molar refractivity (Wildman–Crippen MR) is 75.2 cm³/mol. The minimum Gasteiger partial charge on any atom is -0.342 e. The molecule has 0 aromatic heterocycles. The van der Waals surface area contributed by atoms with Crippen LogP contribution < -0.4 is 0 Å². The van der Waals surface area contributed by atoms with Gasteiger partial charge in [-0.05, 0) is 42.0 Å². The molecular formula is C16H20FNO. The molecule has 1 aliphatic heterocycles.